The Hall–Kier alpha value is -2.51. The number of likely N-dealkylation sites (tertiary alicyclic amines) is 1. The molecular weight excluding hydrogens is 406 g/mol. The van der Waals surface area contributed by atoms with E-state index in [-0.39, 0.29) is 17.9 Å². The fraction of sp³-hybridized carbons (Fsp3) is 0.458. The number of carbonyl (C=O) groups is 1. The van der Waals surface area contributed by atoms with Crippen molar-refractivity contribution in [1.29, 1.82) is 0 Å². The first-order valence-corrected chi connectivity index (χ1v) is 12.2. The van der Waals surface area contributed by atoms with Crippen molar-refractivity contribution in [2.45, 2.75) is 51.1 Å². The molecule has 1 saturated heterocycles. The number of nitrogens with one attached hydrogen (secondary N) is 1. The lowest BCUT2D eigenvalue weighted by molar-refractivity contribution is -0.121. The van der Waals surface area contributed by atoms with Gasteiger partial charge in [-0.25, -0.2) is 9.97 Å². The minimum Gasteiger partial charge on any atom is -0.369 e. The summed E-state index contributed by atoms with van der Waals surface area (Å²) in [6.45, 7) is 2.99. The van der Waals surface area contributed by atoms with Gasteiger partial charge in [-0.05, 0) is 44.3 Å². The number of piperidine rings is 1. The van der Waals surface area contributed by atoms with E-state index in [1.807, 2.05) is 6.07 Å². The summed E-state index contributed by atoms with van der Waals surface area (Å²) in [7, 11) is 0. The van der Waals surface area contributed by atoms with Crippen LogP contribution in [0.5, 0.6) is 0 Å². The maximum Gasteiger partial charge on any atom is 0.222 e. The zero-order chi connectivity index (χ0) is 21.2. The molecule has 1 aliphatic carbocycles. The van der Waals surface area contributed by atoms with Crippen molar-refractivity contribution in [2.75, 3.05) is 18.4 Å². The molecule has 2 fully saturated rings. The molecule has 0 radical (unpaired) electrons. The molecule has 1 amide bonds. The van der Waals surface area contributed by atoms with Gasteiger partial charge in [0.05, 0.1) is 17.8 Å². The van der Waals surface area contributed by atoms with Crippen LogP contribution < -0.4 is 11.1 Å². The highest BCUT2D eigenvalue weighted by Gasteiger charge is 2.32. The topological polar surface area (TPSA) is 84.1 Å². The molecule has 31 heavy (non-hydrogen) atoms. The van der Waals surface area contributed by atoms with Crippen molar-refractivity contribution in [3.63, 3.8) is 0 Å². The van der Waals surface area contributed by atoms with Crippen molar-refractivity contribution < 1.29 is 4.79 Å². The Labute approximate surface area is 186 Å². The number of nitrogens with zero attached hydrogens (tertiary/aromatic N) is 3. The van der Waals surface area contributed by atoms with Crippen LogP contribution in [0.2, 0.25) is 0 Å². The summed E-state index contributed by atoms with van der Waals surface area (Å²) in [6, 6.07) is 10.4. The lowest BCUT2D eigenvalue weighted by Crippen LogP contribution is -2.34. The third kappa shape index (κ3) is 4.29. The third-order valence-electron chi connectivity index (χ3n) is 6.58. The summed E-state index contributed by atoms with van der Waals surface area (Å²) in [5.74, 6) is 1.33. The number of fused-ring (bicyclic) bond motifs is 1. The molecule has 2 aliphatic rings. The second-order valence-electron chi connectivity index (χ2n) is 8.71. The summed E-state index contributed by atoms with van der Waals surface area (Å²) in [5, 5.41) is 6.85. The summed E-state index contributed by atoms with van der Waals surface area (Å²) in [6.07, 6.45) is 6.59. The molecule has 0 unspecified atom stereocenters. The largest absolute Gasteiger partial charge is 0.369 e. The molecule has 0 bridgehead atoms. The van der Waals surface area contributed by atoms with Gasteiger partial charge in [-0.15, -0.1) is 11.3 Å². The molecule has 3 heterocycles. The predicted molar refractivity (Wildman–Crippen MR) is 126 cm³/mol. The summed E-state index contributed by atoms with van der Waals surface area (Å²) in [5.41, 5.74) is 7.99. The number of benzene rings is 1. The number of rotatable bonds is 6. The van der Waals surface area contributed by atoms with Gasteiger partial charge in [0.2, 0.25) is 5.91 Å². The zero-order valence-electron chi connectivity index (χ0n) is 17.7. The standard InChI is InChI=1S/C24H29N5OS/c25-22(30)17-10-7-11-19(17)26-23-21-18(16-8-3-1-4-9-16)15-31-24(21)28-20(27-23)14-29-12-5-2-6-13-29/h1,3-4,8-9,15,17,19H,2,5-7,10-14H2,(H2,25,30)(H,26,27,28)/t17-,19-/m1/s1. The summed E-state index contributed by atoms with van der Waals surface area (Å²) in [4.78, 5) is 25.4. The molecule has 3 aromatic rings. The van der Waals surface area contributed by atoms with Gasteiger partial charge in [-0.1, -0.05) is 43.2 Å². The van der Waals surface area contributed by atoms with E-state index in [1.54, 1.807) is 11.3 Å². The SMILES string of the molecule is NC(=O)[C@@H]1CCC[C@H]1Nc1nc(CN2CCCCC2)nc2scc(-c3ccccc3)c12. The van der Waals surface area contributed by atoms with Crippen LogP contribution in [0.25, 0.3) is 21.3 Å². The summed E-state index contributed by atoms with van der Waals surface area (Å²) >= 11 is 1.66. The molecular formula is C24H29N5OS. The number of aromatic nitrogens is 2. The average molecular weight is 436 g/mol. The normalized spacial score (nSPS) is 22.1. The van der Waals surface area contributed by atoms with Gasteiger partial charge in [0.15, 0.2) is 0 Å². The molecule has 0 spiro atoms. The number of primary amides is 1. The minimum atomic E-state index is -0.220. The quantitative estimate of drug-likeness (QED) is 0.599. The first-order chi connectivity index (χ1) is 15.2. The van der Waals surface area contributed by atoms with Crippen LogP contribution in [-0.2, 0) is 11.3 Å². The Morgan fingerprint density at radius 2 is 1.90 bits per heavy atom. The average Bonchev–Trinajstić information content (AvgIpc) is 3.42. The zero-order valence-corrected chi connectivity index (χ0v) is 18.5. The highest BCUT2D eigenvalue weighted by molar-refractivity contribution is 7.17. The van der Waals surface area contributed by atoms with E-state index in [0.717, 1.165) is 71.9 Å². The monoisotopic (exact) mass is 435 g/mol. The van der Waals surface area contributed by atoms with E-state index < -0.39 is 0 Å². The van der Waals surface area contributed by atoms with E-state index in [4.69, 9.17) is 15.7 Å². The smallest absolute Gasteiger partial charge is 0.222 e. The lowest BCUT2D eigenvalue weighted by Gasteiger charge is -2.26. The van der Waals surface area contributed by atoms with E-state index in [1.165, 1.54) is 19.3 Å². The van der Waals surface area contributed by atoms with Gasteiger partial charge in [-0.3, -0.25) is 9.69 Å². The first kappa shape index (κ1) is 20.4. The highest BCUT2D eigenvalue weighted by atomic mass is 32.1. The Balaban J connectivity index is 1.55. The highest BCUT2D eigenvalue weighted by Crippen LogP contribution is 2.38. The maximum atomic E-state index is 12.0. The Morgan fingerprint density at radius 3 is 2.68 bits per heavy atom. The van der Waals surface area contributed by atoms with Crippen LogP contribution in [0.4, 0.5) is 5.82 Å². The lowest BCUT2D eigenvalue weighted by atomic mass is 10.0. The molecule has 162 valence electrons. The van der Waals surface area contributed by atoms with Gasteiger partial charge >= 0.3 is 0 Å². The van der Waals surface area contributed by atoms with Gasteiger partial charge in [0.1, 0.15) is 16.5 Å². The fourth-order valence-corrected chi connectivity index (χ4v) is 5.92. The maximum absolute atomic E-state index is 12.0. The van der Waals surface area contributed by atoms with Crippen LogP contribution in [0.15, 0.2) is 35.7 Å². The number of amides is 1. The second kappa shape index (κ2) is 8.93. The molecule has 1 aromatic carbocycles. The third-order valence-corrected chi connectivity index (χ3v) is 7.45. The van der Waals surface area contributed by atoms with Crippen LogP contribution in [0.1, 0.15) is 44.3 Å². The van der Waals surface area contributed by atoms with E-state index in [9.17, 15) is 4.79 Å². The molecule has 5 rings (SSSR count). The number of carbonyl (C=O) groups excluding carboxylic acids is 1. The predicted octanol–water partition coefficient (Wildman–Crippen LogP) is 4.41. The Morgan fingerprint density at radius 1 is 1.10 bits per heavy atom. The number of thiophene rings is 1. The number of anilines is 1. The number of nitrogens with two attached hydrogens (primary N) is 1. The molecule has 7 heteroatoms. The van der Waals surface area contributed by atoms with Crippen molar-refractivity contribution in [3.8, 4) is 11.1 Å². The second-order valence-corrected chi connectivity index (χ2v) is 9.57. The van der Waals surface area contributed by atoms with Crippen LogP contribution in [-0.4, -0.2) is 39.9 Å². The molecule has 1 saturated carbocycles. The minimum absolute atomic E-state index is 0.0296. The van der Waals surface area contributed by atoms with E-state index in [0.29, 0.717) is 0 Å². The van der Waals surface area contributed by atoms with Gasteiger partial charge in [0.25, 0.3) is 0 Å². The fourth-order valence-electron chi connectivity index (χ4n) is 4.96. The number of hydrogen-bond acceptors (Lipinski definition) is 6. The summed E-state index contributed by atoms with van der Waals surface area (Å²) < 4.78 is 0. The molecule has 2 atom stereocenters. The Bertz CT molecular complexity index is 1060. The number of hydrogen-bond donors (Lipinski definition) is 2. The molecule has 2 aromatic heterocycles. The van der Waals surface area contributed by atoms with Crippen molar-refractivity contribution in [3.05, 3.63) is 41.5 Å². The van der Waals surface area contributed by atoms with Crippen LogP contribution >= 0.6 is 11.3 Å². The molecule has 1 aliphatic heterocycles. The van der Waals surface area contributed by atoms with Crippen molar-refractivity contribution in [1.82, 2.24) is 14.9 Å². The Kier molecular flexibility index (Phi) is 5.87. The van der Waals surface area contributed by atoms with E-state index >= 15 is 0 Å². The first-order valence-electron chi connectivity index (χ1n) is 11.3. The molecule has 3 N–H and O–H groups in total. The van der Waals surface area contributed by atoms with Crippen LogP contribution in [0.3, 0.4) is 0 Å². The van der Waals surface area contributed by atoms with E-state index in [2.05, 4.69) is 39.9 Å². The van der Waals surface area contributed by atoms with Gasteiger partial charge in [-0.2, -0.15) is 0 Å². The molecule has 6 nitrogen and oxygen atoms in total. The van der Waals surface area contributed by atoms with Gasteiger partial charge < -0.3 is 11.1 Å². The van der Waals surface area contributed by atoms with Crippen molar-refractivity contribution >= 4 is 33.3 Å². The van der Waals surface area contributed by atoms with Crippen molar-refractivity contribution in [2.24, 2.45) is 11.7 Å². The van der Waals surface area contributed by atoms with Crippen LogP contribution in [0, 0.1) is 5.92 Å². The van der Waals surface area contributed by atoms with Gasteiger partial charge in [0, 0.05) is 17.0 Å².